The molecule has 4 unspecified atom stereocenters. The third-order valence-electron chi connectivity index (χ3n) is 5.60. The molecule has 2 saturated heterocycles. The molecule has 0 amide bonds. The Morgan fingerprint density at radius 3 is 2.67 bits per heavy atom. The molecule has 2 nitrogen and oxygen atoms in total. The summed E-state index contributed by atoms with van der Waals surface area (Å²) < 4.78 is 0. The van der Waals surface area contributed by atoms with Gasteiger partial charge in [0, 0.05) is 18.1 Å². The standard InChI is InChI=1S/C16H30N2/c1-12-10-16(2,3)11-15(12)17-13-6-8-18-7-4-5-14(18)9-13/h12-15,17H,4-11H2,1-3H3. The van der Waals surface area contributed by atoms with Gasteiger partial charge in [-0.05, 0) is 62.9 Å². The van der Waals surface area contributed by atoms with Crippen LogP contribution in [0.4, 0.5) is 0 Å². The van der Waals surface area contributed by atoms with E-state index in [1.807, 2.05) is 0 Å². The Hall–Kier alpha value is -0.0800. The second kappa shape index (κ2) is 4.79. The van der Waals surface area contributed by atoms with Gasteiger partial charge in [0.1, 0.15) is 0 Å². The average molecular weight is 250 g/mol. The minimum absolute atomic E-state index is 0.561. The number of nitrogens with one attached hydrogen (secondary N) is 1. The predicted octanol–water partition coefficient (Wildman–Crippen LogP) is 3.03. The van der Waals surface area contributed by atoms with E-state index in [4.69, 9.17) is 0 Å². The molecule has 0 aromatic heterocycles. The molecular formula is C16H30N2. The van der Waals surface area contributed by atoms with E-state index in [-0.39, 0.29) is 0 Å². The Balaban J connectivity index is 1.54. The number of piperidine rings is 1. The highest BCUT2D eigenvalue weighted by atomic mass is 15.2. The van der Waals surface area contributed by atoms with Crippen molar-refractivity contribution in [3.8, 4) is 0 Å². The second-order valence-electron chi connectivity index (χ2n) is 7.88. The number of hydrogen-bond donors (Lipinski definition) is 1. The largest absolute Gasteiger partial charge is 0.311 e. The van der Waals surface area contributed by atoms with E-state index in [1.165, 1.54) is 51.6 Å². The van der Waals surface area contributed by atoms with Gasteiger partial charge in [-0.25, -0.2) is 0 Å². The Morgan fingerprint density at radius 1 is 1.11 bits per heavy atom. The topological polar surface area (TPSA) is 15.3 Å². The van der Waals surface area contributed by atoms with Crippen molar-refractivity contribution in [2.24, 2.45) is 11.3 Å². The lowest BCUT2D eigenvalue weighted by Crippen LogP contribution is -2.49. The first kappa shape index (κ1) is 12.9. The molecular weight excluding hydrogens is 220 g/mol. The van der Waals surface area contributed by atoms with Crippen LogP contribution in [0.2, 0.25) is 0 Å². The van der Waals surface area contributed by atoms with Crippen molar-refractivity contribution < 1.29 is 0 Å². The van der Waals surface area contributed by atoms with Crippen molar-refractivity contribution in [3.63, 3.8) is 0 Å². The molecule has 1 N–H and O–H groups in total. The van der Waals surface area contributed by atoms with E-state index in [1.54, 1.807) is 0 Å². The van der Waals surface area contributed by atoms with E-state index in [0.29, 0.717) is 5.41 Å². The first-order valence-corrected chi connectivity index (χ1v) is 8.04. The molecule has 0 aromatic carbocycles. The maximum Gasteiger partial charge on any atom is 0.0111 e. The molecule has 3 fully saturated rings. The lowest BCUT2D eigenvalue weighted by atomic mass is 9.91. The van der Waals surface area contributed by atoms with Crippen molar-refractivity contribution in [3.05, 3.63) is 0 Å². The van der Waals surface area contributed by atoms with Gasteiger partial charge in [-0.3, -0.25) is 0 Å². The molecule has 1 saturated carbocycles. The van der Waals surface area contributed by atoms with E-state index in [9.17, 15) is 0 Å². The normalized spacial score (nSPS) is 44.2. The van der Waals surface area contributed by atoms with Gasteiger partial charge in [0.2, 0.25) is 0 Å². The van der Waals surface area contributed by atoms with Gasteiger partial charge < -0.3 is 10.2 Å². The van der Waals surface area contributed by atoms with Crippen molar-refractivity contribution in [2.45, 2.75) is 77.4 Å². The van der Waals surface area contributed by atoms with Gasteiger partial charge in [0.25, 0.3) is 0 Å². The third kappa shape index (κ3) is 2.60. The van der Waals surface area contributed by atoms with E-state index in [0.717, 1.165) is 24.0 Å². The summed E-state index contributed by atoms with van der Waals surface area (Å²) in [5.74, 6) is 0.863. The fourth-order valence-corrected chi connectivity index (χ4v) is 4.80. The lowest BCUT2D eigenvalue weighted by Gasteiger charge is -2.37. The Labute approximate surface area is 113 Å². The molecule has 0 spiro atoms. The molecule has 0 aromatic rings. The van der Waals surface area contributed by atoms with Crippen LogP contribution in [0.25, 0.3) is 0 Å². The molecule has 2 aliphatic heterocycles. The SMILES string of the molecule is CC1CC(C)(C)CC1NC1CCN2CCCC2C1. The highest BCUT2D eigenvalue weighted by Crippen LogP contribution is 2.41. The first-order valence-electron chi connectivity index (χ1n) is 8.04. The fraction of sp³-hybridized carbons (Fsp3) is 1.00. The molecule has 3 rings (SSSR count). The maximum atomic E-state index is 4.01. The van der Waals surface area contributed by atoms with Crippen LogP contribution < -0.4 is 5.32 Å². The van der Waals surface area contributed by atoms with E-state index in [2.05, 4.69) is 31.0 Å². The molecule has 0 radical (unpaired) electrons. The summed E-state index contributed by atoms with van der Waals surface area (Å²) in [5.41, 5.74) is 0.561. The first-order chi connectivity index (χ1) is 8.53. The third-order valence-corrected chi connectivity index (χ3v) is 5.60. The zero-order valence-corrected chi connectivity index (χ0v) is 12.4. The highest BCUT2D eigenvalue weighted by Gasteiger charge is 2.39. The molecule has 0 bridgehead atoms. The zero-order chi connectivity index (χ0) is 12.8. The number of fused-ring (bicyclic) bond motifs is 1. The van der Waals surface area contributed by atoms with Crippen LogP contribution in [0, 0.1) is 11.3 Å². The zero-order valence-electron chi connectivity index (χ0n) is 12.4. The van der Waals surface area contributed by atoms with Crippen molar-refractivity contribution in [2.75, 3.05) is 13.1 Å². The molecule has 3 aliphatic rings. The Kier molecular flexibility index (Phi) is 3.44. The fourth-order valence-electron chi connectivity index (χ4n) is 4.80. The summed E-state index contributed by atoms with van der Waals surface area (Å²) >= 11 is 0. The minimum Gasteiger partial charge on any atom is -0.311 e. The van der Waals surface area contributed by atoms with Crippen molar-refractivity contribution >= 4 is 0 Å². The molecule has 104 valence electrons. The predicted molar refractivity (Wildman–Crippen MR) is 76.7 cm³/mol. The van der Waals surface area contributed by atoms with Gasteiger partial charge in [0.15, 0.2) is 0 Å². The van der Waals surface area contributed by atoms with Crippen molar-refractivity contribution in [1.82, 2.24) is 10.2 Å². The summed E-state index contributed by atoms with van der Waals surface area (Å²) in [6.45, 7) is 10.0. The van der Waals surface area contributed by atoms with Crippen LogP contribution in [0.3, 0.4) is 0 Å². The molecule has 2 heterocycles. The van der Waals surface area contributed by atoms with Crippen LogP contribution in [0.1, 0.15) is 59.3 Å². The van der Waals surface area contributed by atoms with Gasteiger partial charge in [0.05, 0.1) is 0 Å². The summed E-state index contributed by atoms with van der Waals surface area (Å²) in [4.78, 5) is 2.72. The van der Waals surface area contributed by atoms with Crippen LogP contribution in [0.5, 0.6) is 0 Å². The van der Waals surface area contributed by atoms with E-state index < -0.39 is 0 Å². The number of hydrogen-bond acceptors (Lipinski definition) is 2. The highest BCUT2D eigenvalue weighted by molar-refractivity contribution is 4.95. The molecule has 2 heteroatoms. The summed E-state index contributed by atoms with van der Waals surface area (Å²) in [5, 5.41) is 4.01. The van der Waals surface area contributed by atoms with Gasteiger partial charge in [-0.15, -0.1) is 0 Å². The minimum atomic E-state index is 0.561. The van der Waals surface area contributed by atoms with Crippen LogP contribution >= 0.6 is 0 Å². The van der Waals surface area contributed by atoms with Crippen molar-refractivity contribution in [1.29, 1.82) is 0 Å². The van der Waals surface area contributed by atoms with Crippen LogP contribution in [0.15, 0.2) is 0 Å². The Morgan fingerprint density at radius 2 is 1.94 bits per heavy atom. The molecule has 18 heavy (non-hydrogen) atoms. The van der Waals surface area contributed by atoms with Gasteiger partial charge in [-0.1, -0.05) is 20.8 Å². The van der Waals surface area contributed by atoms with Gasteiger partial charge in [-0.2, -0.15) is 0 Å². The van der Waals surface area contributed by atoms with Crippen LogP contribution in [-0.2, 0) is 0 Å². The summed E-state index contributed by atoms with van der Waals surface area (Å²) in [6.07, 6.45) is 8.43. The number of rotatable bonds is 2. The molecule has 1 aliphatic carbocycles. The molecule has 4 atom stereocenters. The van der Waals surface area contributed by atoms with Gasteiger partial charge >= 0.3 is 0 Å². The maximum absolute atomic E-state index is 4.01. The quantitative estimate of drug-likeness (QED) is 0.810. The lowest BCUT2D eigenvalue weighted by molar-refractivity contribution is 0.156. The monoisotopic (exact) mass is 250 g/mol. The van der Waals surface area contributed by atoms with E-state index >= 15 is 0 Å². The summed E-state index contributed by atoms with van der Waals surface area (Å²) in [6, 6.07) is 2.48. The second-order valence-corrected chi connectivity index (χ2v) is 7.88. The number of nitrogens with zero attached hydrogens (tertiary/aromatic N) is 1. The van der Waals surface area contributed by atoms with Crippen LogP contribution in [-0.4, -0.2) is 36.1 Å². The smallest absolute Gasteiger partial charge is 0.0111 e. The average Bonchev–Trinajstić information content (AvgIpc) is 2.83. The summed E-state index contributed by atoms with van der Waals surface area (Å²) in [7, 11) is 0. The Bertz CT molecular complexity index is 299.